The smallest absolute Gasteiger partial charge is 0.349 e. The molecule has 2 N–H and O–H groups in total. The van der Waals surface area contributed by atoms with Gasteiger partial charge in [0.25, 0.3) is 5.91 Å². The molecule has 1 fully saturated rings. The van der Waals surface area contributed by atoms with Crippen LogP contribution < -0.4 is 15.4 Å². The Morgan fingerprint density at radius 2 is 1.88 bits per heavy atom. The van der Waals surface area contributed by atoms with Gasteiger partial charge in [-0.1, -0.05) is 0 Å². The van der Waals surface area contributed by atoms with Crippen LogP contribution in [0.1, 0.15) is 36.7 Å². The molecular formula is C24H26N4O5. The van der Waals surface area contributed by atoms with E-state index in [1.807, 2.05) is 54.8 Å². The first kappa shape index (κ1) is 23.6. The standard InChI is InChI=1S/C24H26N4O5/c1-14-11-17(15(2)28(14)20-7-9-21(32-4)10-8-20)12-18(13-25)23(30)33-16(3)22(29)27-24(31)26-19-5-6-19/h7-12,16,19H,5-6H2,1-4H3,(H2,26,27,29,31)/b18-12+. The molecule has 0 saturated heterocycles. The first-order chi connectivity index (χ1) is 15.7. The third-order valence-corrected chi connectivity index (χ3v) is 5.24. The molecule has 33 heavy (non-hydrogen) atoms. The second-order valence-corrected chi connectivity index (χ2v) is 7.81. The van der Waals surface area contributed by atoms with Gasteiger partial charge in [0.05, 0.1) is 7.11 Å². The van der Waals surface area contributed by atoms with Gasteiger partial charge >= 0.3 is 12.0 Å². The van der Waals surface area contributed by atoms with Gasteiger partial charge < -0.3 is 19.4 Å². The third-order valence-electron chi connectivity index (χ3n) is 5.24. The second-order valence-electron chi connectivity index (χ2n) is 7.81. The van der Waals surface area contributed by atoms with Crippen LogP contribution in [0.3, 0.4) is 0 Å². The van der Waals surface area contributed by atoms with Gasteiger partial charge in [0.2, 0.25) is 0 Å². The van der Waals surface area contributed by atoms with Crippen molar-refractivity contribution in [3.8, 4) is 17.5 Å². The molecule has 172 valence electrons. The highest BCUT2D eigenvalue weighted by Crippen LogP contribution is 2.24. The Kier molecular flexibility index (Phi) is 7.18. The molecule has 1 saturated carbocycles. The SMILES string of the molecule is COc1ccc(-n2c(C)cc(/C=C(\C#N)C(=O)OC(C)C(=O)NC(=O)NC3CC3)c2C)cc1. The predicted octanol–water partition coefficient (Wildman–Crippen LogP) is 2.93. The van der Waals surface area contributed by atoms with E-state index in [9.17, 15) is 19.6 Å². The van der Waals surface area contributed by atoms with E-state index in [4.69, 9.17) is 9.47 Å². The number of urea groups is 1. The molecule has 1 aliphatic rings. The number of nitriles is 1. The maximum atomic E-state index is 12.5. The number of carbonyl (C=O) groups is 3. The lowest BCUT2D eigenvalue weighted by atomic mass is 10.1. The van der Waals surface area contributed by atoms with E-state index < -0.39 is 24.0 Å². The first-order valence-electron chi connectivity index (χ1n) is 10.5. The zero-order valence-electron chi connectivity index (χ0n) is 19.0. The first-order valence-corrected chi connectivity index (χ1v) is 10.5. The zero-order valence-corrected chi connectivity index (χ0v) is 19.0. The molecule has 2 aromatic rings. The summed E-state index contributed by atoms with van der Waals surface area (Å²) >= 11 is 0. The van der Waals surface area contributed by atoms with Crippen molar-refractivity contribution < 1.29 is 23.9 Å². The van der Waals surface area contributed by atoms with E-state index >= 15 is 0 Å². The molecule has 1 unspecified atom stereocenters. The molecule has 3 rings (SSSR count). The maximum Gasteiger partial charge on any atom is 0.349 e. The molecule has 1 aromatic carbocycles. The van der Waals surface area contributed by atoms with Crippen LogP contribution >= 0.6 is 0 Å². The number of hydrogen-bond donors (Lipinski definition) is 2. The van der Waals surface area contributed by atoms with Crippen LogP contribution in [-0.2, 0) is 14.3 Å². The van der Waals surface area contributed by atoms with Crippen LogP contribution in [0.25, 0.3) is 11.8 Å². The largest absolute Gasteiger partial charge is 0.497 e. The summed E-state index contributed by atoms with van der Waals surface area (Å²) in [5.74, 6) is -0.979. The average Bonchev–Trinajstić information content (AvgIpc) is 3.55. The molecule has 0 radical (unpaired) electrons. The van der Waals surface area contributed by atoms with Gasteiger partial charge in [-0.05, 0) is 75.6 Å². The molecule has 9 nitrogen and oxygen atoms in total. The Balaban J connectivity index is 1.72. The number of benzene rings is 1. The molecule has 1 aliphatic carbocycles. The highest BCUT2D eigenvalue weighted by Gasteiger charge is 2.26. The summed E-state index contributed by atoms with van der Waals surface area (Å²) in [5, 5.41) is 14.2. The van der Waals surface area contributed by atoms with Gasteiger partial charge in [-0.15, -0.1) is 0 Å². The molecule has 9 heteroatoms. The molecule has 1 aromatic heterocycles. The third kappa shape index (κ3) is 5.80. The number of imide groups is 1. The normalized spacial score (nSPS) is 14.1. The number of rotatable bonds is 7. The fourth-order valence-electron chi connectivity index (χ4n) is 3.29. The molecular weight excluding hydrogens is 424 g/mol. The molecule has 1 heterocycles. The minimum atomic E-state index is -1.24. The van der Waals surface area contributed by atoms with Gasteiger partial charge in [-0.2, -0.15) is 5.26 Å². The predicted molar refractivity (Wildman–Crippen MR) is 121 cm³/mol. The van der Waals surface area contributed by atoms with E-state index in [0.29, 0.717) is 5.56 Å². The van der Waals surface area contributed by atoms with Crippen LogP contribution in [0, 0.1) is 25.2 Å². The van der Waals surface area contributed by atoms with E-state index in [0.717, 1.165) is 35.7 Å². The van der Waals surface area contributed by atoms with Gasteiger partial charge in [-0.3, -0.25) is 10.1 Å². The number of nitrogens with zero attached hydrogens (tertiary/aromatic N) is 2. The second kappa shape index (κ2) is 10.0. The van der Waals surface area contributed by atoms with E-state index in [-0.39, 0.29) is 11.6 Å². The van der Waals surface area contributed by atoms with Crippen molar-refractivity contribution in [3.05, 3.63) is 52.9 Å². The lowest BCUT2D eigenvalue weighted by molar-refractivity contribution is -0.150. The highest BCUT2D eigenvalue weighted by atomic mass is 16.5. The van der Waals surface area contributed by atoms with E-state index in [1.54, 1.807) is 7.11 Å². The summed E-state index contributed by atoms with van der Waals surface area (Å²) in [5.41, 5.74) is 3.04. The summed E-state index contributed by atoms with van der Waals surface area (Å²) in [7, 11) is 1.60. The summed E-state index contributed by atoms with van der Waals surface area (Å²) in [6, 6.07) is 10.6. The summed E-state index contributed by atoms with van der Waals surface area (Å²) in [6.07, 6.45) is 1.93. The van der Waals surface area contributed by atoms with Gasteiger partial charge in [0, 0.05) is 23.1 Å². The fraction of sp³-hybridized carbons (Fsp3) is 0.333. The molecule has 0 aliphatic heterocycles. The summed E-state index contributed by atoms with van der Waals surface area (Å²) in [4.78, 5) is 36.3. The van der Waals surface area contributed by atoms with Crippen molar-refractivity contribution in [2.45, 2.75) is 45.8 Å². The topological polar surface area (TPSA) is 122 Å². The number of amides is 3. The zero-order chi connectivity index (χ0) is 24.1. The van der Waals surface area contributed by atoms with Gasteiger partial charge in [0.1, 0.15) is 17.4 Å². The molecule has 3 amide bonds. The number of aryl methyl sites for hydroxylation is 1. The van der Waals surface area contributed by atoms with Crippen LogP contribution in [0.15, 0.2) is 35.9 Å². The Bertz CT molecular complexity index is 1140. The maximum absolute atomic E-state index is 12.5. The number of nitrogens with one attached hydrogen (secondary N) is 2. The van der Waals surface area contributed by atoms with Crippen molar-refractivity contribution >= 4 is 24.0 Å². The number of esters is 1. The monoisotopic (exact) mass is 450 g/mol. The molecule has 0 spiro atoms. The lowest BCUT2D eigenvalue weighted by Crippen LogP contribution is -2.45. The molecule has 1 atom stereocenters. The van der Waals surface area contributed by atoms with Crippen LogP contribution in [0.4, 0.5) is 4.79 Å². The summed E-state index contributed by atoms with van der Waals surface area (Å²) in [6.45, 7) is 5.12. The Hall–Kier alpha value is -4.06. The Labute approximate surface area is 192 Å². The quantitative estimate of drug-likeness (QED) is 0.380. The van der Waals surface area contributed by atoms with Crippen LogP contribution in [0.5, 0.6) is 5.75 Å². The fourth-order valence-corrected chi connectivity index (χ4v) is 3.29. The molecule has 0 bridgehead atoms. The van der Waals surface area contributed by atoms with E-state index in [2.05, 4.69) is 10.6 Å². The number of aromatic nitrogens is 1. The number of methoxy groups -OCH3 is 1. The lowest BCUT2D eigenvalue weighted by Gasteiger charge is -2.13. The van der Waals surface area contributed by atoms with Crippen molar-refractivity contribution in [1.29, 1.82) is 5.26 Å². The van der Waals surface area contributed by atoms with Crippen molar-refractivity contribution in [2.75, 3.05) is 7.11 Å². The van der Waals surface area contributed by atoms with Crippen molar-refractivity contribution in [2.24, 2.45) is 0 Å². The number of hydrogen-bond acceptors (Lipinski definition) is 6. The minimum absolute atomic E-state index is 0.0840. The van der Waals surface area contributed by atoms with Crippen molar-refractivity contribution in [1.82, 2.24) is 15.2 Å². The van der Waals surface area contributed by atoms with Crippen LogP contribution in [0.2, 0.25) is 0 Å². The number of ether oxygens (including phenoxy) is 2. The van der Waals surface area contributed by atoms with E-state index in [1.165, 1.54) is 13.0 Å². The van der Waals surface area contributed by atoms with Gasteiger partial charge in [-0.25, -0.2) is 9.59 Å². The average molecular weight is 450 g/mol. The van der Waals surface area contributed by atoms with Crippen LogP contribution in [-0.4, -0.2) is 41.7 Å². The highest BCUT2D eigenvalue weighted by molar-refractivity contribution is 6.01. The minimum Gasteiger partial charge on any atom is -0.497 e. The Morgan fingerprint density at radius 3 is 2.45 bits per heavy atom. The van der Waals surface area contributed by atoms with Crippen molar-refractivity contribution in [3.63, 3.8) is 0 Å². The van der Waals surface area contributed by atoms with Gasteiger partial charge in [0.15, 0.2) is 6.10 Å². The Morgan fingerprint density at radius 1 is 1.21 bits per heavy atom. The summed E-state index contributed by atoms with van der Waals surface area (Å²) < 4.78 is 12.3. The number of carbonyl (C=O) groups excluding carboxylic acids is 3.